The lowest BCUT2D eigenvalue weighted by Crippen LogP contribution is -2.31. The van der Waals surface area contributed by atoms with E-state index in [0.29, 0.717) is 16.4 Å². The molecule has 6 nitrogen and oxygen atoms in total. The third kappa shape index (κ3) is 3.61. The molecular formula is C13H13F4NO5S. The molecule has 0 saturated carbocycles. The molecule has 0 aliphatic carbocycles. The summed E-state index contributed by atoms with van der Waals surface area (Å²) in [5.41, 5.74) is 0. The summed E-state index contributed by atoms with van der Waals surface area (Å²) in [5, 5.41) is 9.03. The van der Waals surface area contributed by atoms with Crippen LogP contribution in [0.1, 0.15) is 6.92 Å². The van der Waals surface area contributed by atoms with Crippen molar-refractivity contribution in [2.24, 2.45) is 11.8 Å². The highest BCUT2D eigenvalue weighted by molar-refractivity contribution is 7.89. The van der Waals surface area contributed by atoms with Crippen molar-refractivity contribution in [2.45, 2.75) is 18.2 Å². The molecule has 1 N–H and O–H groups in total. The van der Waals surface area contributed by atoms with Gasteiger partial charge in [-0.25, -0.2) is 12.8 Å². The van der Waals surface area contributed by atoms with Crippen LogP contribution in [0.4, 0.5) is 17.6 Å². The third-order valence-electron chi connectivity index (χ3n) is 3.65. The predicted octanol–water partition coefficient (Wildman–Crippen LogP) is 2.07. The number of sulfonamides is 1. The van der Waals surface area contributed by atoms with Crippen LogP contribution in [0.2, 0.25) is 0 Å². The van der Waals surface area contributed by atoms with Crippen molar-refractivity contribution >= 4 is 16.0 Å². The minimum atomic E-state index is -5.21. The van der Waals surface area contributed by atoms with Gasteiger partial charge in [-0.2, -0.15) is 4.31 Å². The lowest BCUT2D eigenvalue weighted by atomic mass is 9.99. The SMILES string of the molecule is C[C@@H]1CN(S(=O)(=O)c2c(F)cccc2OC(F)(F)F)C[C@H]1C(=O)O. The van der Waals surface area contributed by atoms with Crippen LogP contribution in [0.3, 0.4) is 0 Å². The average Bonchev–Trinajstić information content (AvgIpc) is 2.79. The maximum atomic E-state index is 14.0. The second-order valence-electron chi connectivity index (χ2n) is 5.36. The Labute approximate surface area is 134 Å². The first kappa shape index (κ1) is 18.5. The summed E-state index contributed by atoms with van der Waals surface area (Å²) >= 11 is 0. The Morgan fingerprint density at radius 3 is 2.46 bits per heavy atom. The van der Waals surface area contributed by atoms with Crippen LogP contribution in [-0.2, 0) is 14.8 Å². The van der Waals surface area contributed by atoms with E-state index in [1.54, 1.807) is 0 Å². The molecule has 134 valence electrons. The molecule has 0 unspecified atom stereocenters. The van der Waals surface area contributed by atoms with E-state index < -0.39 is 57.2 Å². The maximum Gasteiger partial charge on any atom is 0.573 e. The van der Waals surface area contributed by atoms with Gasteiger partial charge in [0.2, 0.25) is 10.0 Å². The summed E-state index contributed by atoms with van der Waals surface area (Å²) in [6.07, 6.45) is -5.21. The van der Waals surface area contributed by atoms with Gasteiger partial charge in [-0.3, -0.25) is 4.79 Å². The number of rotatable bonds is 4. The Hall–Kier alpha value is -1.88. The smallest absolute Gasteiger partial charge is 0.481 e. The molecule has 24 heavy (non-hydrogen) atoms. The molecule has 11 heteroatoms. The molecule has 0 amide bonds. The predicted molar refractivity (Wildman–Crippen MR) is 72.1 cm³/mol. The van der Waals surface area contributed by atoms with E-state index >= 15 is 0 Å². The van der Waals surface area contributed by atoms with Gasteiger partial charge in [0.15, 0.2) is 10.6 Å². The molecule has 2 rings (SSSR count). The Bertz CT molecular complexity index is 749. The van der Waals surface area contributed by atoms with Crippen LogP contribution < -0.4 is 4.74 Å². The molecule has 1 aliphatic heterocycles. The minimum Gasteiger partial charge on any atom is -0.481 e. The van der Waals surface area contributed by atoms with Gasteiger partial charge in [-0.1, -0.05) is 13.0 Å². The van der Waals surface area contributed by atoms with Crippen molar-refractivity contribution in [3.05, 3.63) is 24.0 Å². The standard InChI is InChI=1S/C13H13F4NO5S/c1-7-5-18(6-8(7)12(19)20)24(21,22)11-9(14)3-2-4-10(11)23-13(15,16)17/h2-4,7-8H,5-6H2,1H3,(H,19,20)/t7-,8-/m1/s1. The van der Waals surface area contributed by atoms with Crippen molar-refractivity contribution in [3.8, 4) is 5.75 Å². The van der Waals surface area contributed by atoms with Crippen LogP contribution in [0.25, 0.3) is 0 Å². The van der Waals surface area contributed by atoms with Gasteiger partial charge in [-0.05, 0) is 18.1 Å². The van der Waals surface area contributed by atoms with Crippen molar-refractivity contribution in [3.63, 3.8) is 0 Å². The quantitative estimate of drug-likeness (QED) is 0.820. The van der Waals surface area contributed by atoms with E-state index in [1.807, 2.05) is 0 Å². The second kappa shape index (κ2) is 6.20. The molecule has 0 spiro atoms. The topological polar surface area (TPSA) is 83.9 Å². The Morgan fingerprint density at radius 1 is 1.33 bits per heavy atom. The zero-order valence-corrected chi connectivity index (χ0v) is 13.1. The van der Waals surface area contributed by atoms with Gasteiger partial charge >= 0.3 is 12.3 Å². The van der Waals surface area contributed by atoms with Crippen molar-refractivity contribution in [1.29, 1.82) is 0 Å². The van der Waals surface area contributed by atoms with E-state index in [9.17, 15) is 30.8 Å². The Balaban J connectivity index is 2.45. The first-order valence-electron chi connectivity index (χ1n) is 6.70. The van der Waals surface area contributed by atoms with Crippen LogP contribution in [0.5, 0.6) is 5.75 Å². The van der Waals surface area contributed by atoms with E-state index in [0.717, 1.165) is 6.07 Å². The fraction of sp³-hybridized carbons (Fsp3) is 0.462. The van der Waals surface area contributed by atoms with Crippen LogP contribution in [0, 0.1) is 17.7 Å². The number of benzene rings is 1. The van der Waals surface area contributed by atoms with Gasteiger partial charge < -0.3 is 9.84 Å². The lowest BCUT2D eigenvalue weighted by molar-refractivity contribution is -0.275. The van der Waals surface area contributed by atoms with Gasteiger partial charge in [0.05, 0.1) is 5.92 Å². The molecule has 0 aromatic heterocycles. The van der Waals surface area contributed by atoms with Crippen LogP contribution in [-0.4, -0.2) is 43.3 Å². The summed E-state index contributed by atoms with van der Waals surface area (Å²) in [4.78, 5) is 9.81. The maximum absolute atomic E-state index is 14.0. The zero-order chi connectivity index (χ0) is 18.3. The average molecular weight is 371 g/mol. The number of hydrogen-bond acceptors (Lipinski definition) is 4. The highest BCUT2D eigenvalue weighted by Crippen LogP contribution is 2.36. The summed E-state index contributed by atoms with van der Waals surface area (Å²) in [6.45, 7) is 0.778. The number of hydrogen-bond donors (Lipinski definition) is 1. The molecular weight excluding hydrogens is 358 g/mol. The summed E-state index contributed by atoms with van der Waals surface area (Å²) in [6, 6.07) is 2.24. The third-order valence-corrected chi connectivity index (χ3v) is 5.54. The Morgan fingerprint density at radius 2 is 1.96 bits per heavy atom. The monoisotopic (exact) mass is 371 g/mol. The number of alkyl halides is 3. The largest absolute Gasteiger partial charge is 0.573 e. The highest BCUT2D eigenvalue weighted by atomic mass is 32.2. The van der Waals surface area contributed by atoms with Gasteiger partial charge in [-0.15, -0.1) is 13.2 Å². The summed E-state index contributed by atoms with van der Waals surface area (Å²) in [5.74, 6) is -5.45. The first-order valence-corrected chi connectivity index (χ1v) is 8.14. The van der Waals surface area contributed by atoms with E-state index in [1.165, 1.54) is 6.92 Å². The van der Waals surface area contributed by atoms with Gasteiger partial charge in [0.1, 0.15) is 5.82 Å². The van der Waals surface area contributed by atoms with Crippen LogP contribution in [0.15, 0.2) is 23.1 Å². The second-order valence-corrected chi connectivity index (χ2v) is 7.23. The van der Waals surface area contributed by atoms with Crippen molar-refractivity contribution in [1.82, 2.24) is 4.31 Å². The highest BCUT2D eigenvalue weighted by Gasteiger charge is 2.43. The summed E-state index contributed by atoms with van der Waals surface area (Å²) in [7, 11) is -4.70. The fourth-order valence-electron chi connectivity index (χ4n) is 2.51. The van der Waals surface area contributed by atoms with Crippen molar-refractivity contribution < 1.29 is 40.6 Å². The number of halogens is 4. The molecule has 1 aliphatic rings. The van der Waals surface area contributed by atoms with Gasteiger partial charge in [0, 0.05) is 13.1 Å². The Kier molecular flexibility index (Phi) is 4.77. The van der Waals surface area contributed by atoms with E-state index in [-0.39, 0.29) is 6.54 Å². The number of carboxylic acid groups (broad SMARTS) is 1. The number of ether oxygens (including phenoxy) is 1. The number of aliphatic carboxylic acids is 1. The van der Waals surface area contributed by atoms with E-state index in [2.05, 4.69) is 4.74 Å². The van der Waals surface area contributed by atoms with Crippen LogP contribution >= 0.6 is 0 Å². The molecule has 0 radical (unpaired) electrons. The minimum absolute atomic E-state index is 0.251. The zero-order valence-electron chi connectivity index (χ0n) is 12.2. The number of carboxylic acids is 1. The van der Waals surface area contributed by atoms with Gasteiger partial charge in [0.25, 0.3) is 0 Å². The number of nitrogens with zero attached hydrogens (tertiary/aromatic N) is 1. The molecule has 1 saturated heterocycles. The first-order chi connectivity index (χ1) is 10.9. The molecule has 1 aromatic carbocycles. The molecule has 2 atom stereocenters. The lowest BCUT2D eigenvalue weighted by Gasteiger charge is -2.19. The summed E-state index contributed by atoms with van der Waals surface area (Å²) < 4.78 is 80.5. The van der Waals surface area contributed by atoms with Crippen molar-refractivity contribution in [2.75, 3.05) is 13.1 Å². The molecule has 0 bridgehead atoms. The molecule has 1 heterocycles. The fourth-order valence-corrected chi connectivity index (χ4v) is 4.24. The normalized spacial score (nSPS) is 22.5. The molecule has 1 aromatic rings. The molecule has 1 fully saturated rings. The number of carbonyl (C=O) groups is 1. The van der Waals surface area contributed by atoms with E-state index in [4.69, 9.17) is 5.11 Å².